The van der Waals surface area contributed by atoms with Crippen LogP contribution in [0.4, 0.5) is 0 Å². The van der Waals surface area contributed by atoms with E-state index in [9.17, 15) is 38.7 Å². The average molecular weight is 972 g/mol. The smallest absolute Gasteiger partial charge is 0.303 e. The first-order valence-corrected chi connectivity index (χ1v) is 25.7. The minimum Gasteiger partial charge on any atom is -0.463 e. The standard InChI is InChI=1S/C51H89NO16/c1-9-11-13-15-17-19-21-23-24-26-28-30-32-43(63-37(4)54)47(65-39(6)56)42(52-50(60)44(64-38(5)55)33-31-29-27-25-22-20-18-16-14-12-10-2)34-62-51-46(59)49(67-41(8)58)48(66-40(7)57)45(68-51)35-61-36(3)53/h42-49,51,59H,9-35H2,1-8H3,(H,52,60). The molecule has 68 heavy (non-hydrogen) atoms. The minimum absolute atomic E-state index is 0.199. The maximum Gasteiger partial charge on any atom is 0.303 e. The molecular formula is C51H89NO16. The van der Waals surface area contributed by atoms with Crippen molar-refractivity contribution in [1.82, 2.24) is 5.32 Å². The molecule has 0 radical (unpaired) electrons. The lowest BCUT2D eigenvalue weighted by Crippen LogP contribution is -2.63. The molecular weight excluding hydrogens is 883 g/mol. The van der Waals surface area contributed by atoms with Crippen LogP contribution in [-0.4, -0.2) is 115 Å². The van der Waals surface area contributed by atoms with Gasteiger partial charge < -0.3 is 48.3 Å². The molecule has 0 saturated carbocycles. The molecule has 2 N–H and O–H groups in total. The highest BCUT2D eigenvalue weighted by Crippen LogP contribution is 2.29. The second-order valence-electron chi connectivity index (χ2n) is 18.3. The van der Waals surface area contributed by atoms with Crippen LogP contribution >= 0.6 is 0 Å². The summed E-state index contributed by atoms with van der Waals surface area (Å²) in [5.74, 6) is -5.17. The van der Waals surface area contributed by atoms with Crippen LogP contribution in [0.2, 0.25) is 0 Å². The van der Waals surface area contributed by atoms with Crippen molar-refractivity contribution in [3.63, 3.8) is 0 Å². The molecule has 0 spiro atoms. The quantitative estimate of drug-likeness (QED) is 0.0334. The van der Waals surface area contributed by atoms with Crippen molar-refractivity contribution in [1.29, 1.82) is 0 Å². The predicted octanol–water partition coefficient (Wildman–Crippen LogP) is 8.59. The van der Waals surface area contributed by atoms with Crippen molar-refractivity contribution >= 4 is 41.7 Å². The van der Waals surface area contributed by atoms with E-state index in [1.807, 2.05) is 0 Å². The number of aliphatic hydroxyl groups excluding tert-OH is 1. The third-order valence-corrected chi connectivity index (χ3v) is 11.8. The number of carbonyl (C=O) groups excluding carboxylic acids is 7. The van der Waals surface area contributed by atoms with Crippen LogP contribution in [0.25, 0.3) is 0 Å². The van der Waals surface area contributed by atoms with E-state index < -0.39 is 110 Å². The molecule has 1 aliphatic rings. The molecule has 1 aliphatic heterocycles. The Balaban J connectivity index is 3.42. The molecule has 0 bridgehead atoms. The fraction of sp³-hybridized carbons (Fsp3) is 0.863. The highest BCUT2D eigenvalue weighted by molar-refractivity contribution is 5.83. The lowest BCUT2D eigenvalue weighted by molar-refractivity contribution is -0.307. The van der Waals surface area contributed by atoms with Crippen molar-refractivity contribution in [2.24, 2.45) is 0 Å². The van der Waals surface area contributed by atoms with Gasteiger partial charge in [0.1, 0.15) is 24.9 Å². The van der Waals surface area contributed by atoms with Gasteiger partial charge in [0.25, 0.3) is 5.91 Å². The number of nitrogens with one attached hydrogen (secondary N) is 1. The Kier molecular flexibility index (Phi) is 34.7. The second kappa shape index (κ2) is 38.0. The van der Waals surface area contributed by atoms with Gasteiger partial charge in [-0.15, -0.1) is 0 Å². The molecule has 394 valence electrons. The Morgan fingerprint density at radius 1 is 0.515 bits per heavy atom. The molecule has 0 aromatic rings. The highest BCUT2D eigenvalue weighted by Gasteiger charge is 2.51. The summed E-state index contributed by atoms with van der Waals surface area (Å²) in [6.07, 6.45) is 14.0. The van der Waals surface area contributed by atoms with Gasteiger partial charge in [0.05, 0.1) is 12.6 Å². The SMILES string of the molecule is CCCCCCCCCCCCCCC(OC(C)=O)C(OC(C)=O)C(COC1OC(COC(C)=O)C(OC(C)=O)C(OC(C)=O)C1O)NC(=O)C(CCCCCCCCCCCCC)OC(C)=O. The first-order valence-electron chi connectivity index (χ1n) is 25.7. The van der Waals surface area contributed by atoms with Crippen LogP contribution < -0.4 is 5.32 Å². The topological polar surface area (TPSA) is 226 Å². The van der Waals surface area contributed by atoms with E-state index in [0.717, 1.165) is 72.1 Å². The van der Waals surface area contributed by atoms with E-state index in [1.54, 1.807) is 0 Å². The highest BCUT2D eigenvalue weighted by atomic mass is 16.7. The van der Waals surface area contributed by atoms with Gasteiger partial charge >= 0.3 is 35.8 Å². The summed E-state index contributed by atoms with van der Waals surface area (Å²) in [5, 5.41) is 14.4. The molecule has 1 rings (SSSR count). The van der Waals surface area contributed by atoms with E-state index in [1.165, 1.54) is 104 Å². The molecule has 9 atom stereocenters. The van der Waals surface area contributed by atoms with Gasteiger partial charge in [0.15, 0.2) is 30.7 Å². The molecule has 1 fully saturated rings. The number of ether oxygens (including phenoxy) is 8. The molecule has 9 unspecified atom stereocenters. The van der Waals surface area contributed by atoms with Crippen molar-refractivity contribution in [3.05, 3.63) is 0 Å². The normalized spacial score (nSPS) is 19.7. The maximum absolute atomic E-state index is 14.2. The van der Waals surface area contributed by atoms with Crippen molar-refractivity contribution in [2.75, 3.05) is 13.2 Å². The number of carbonyl (C=O) groups is 7. The van der Waals surface area contributed by atoms with E-state index >= 15 is 0 Å². The summed E-state index contributed by atoms with van der Waals surface area (Å²) < 4.78 is 45.2. The fourth-order valence-electron chi connectivity index (χ4n) is 8.45. The molecule has 0 aliphatic carbocycles. The Labute approximate surface area is 406 Å². The Morgan fingerprint density at radius 3 is 1.37 bits per heavy atom. The summed E-state index contributed by atoms with van der Waals surface area (Å²) in [6, 6.07) is -1.32. The van der Waals surface area contributed by atoms with Crippen LogP contribution in [0.5, 0.6) is 0 Å². The summed E-state index contributed by atoms with van der Waals surface area (Å²) in [6.45, 7) is 10.3. The van der Waals surface area contributed by atoms with Gasteiger partial charge in [-0.1, -0.05) is 149 Å². The number of hydrogen-bond acceptors (Lipinski definition) is 16. The van der Waals surface area contributed by atoms with Gasteiger partial charge in [-0.05, 0) is 25.7 Å². The zero-order valence-electron chi connectivity index (χ0n) is 42.9. The molecule has 17 nitrogen and oxygen atoms in total. The second-order valence-corrected chi connectivity index (χ2v) is 18.3. The number of esters is 6. The summed E-state index contributed by atoms with van der Waals surface area (Å²) in [5.41, 5.74) is 0. The zero-order valence-corrected chi connectivity index (χ0v) is 42.9. The number of unbranched alkanes of at least 4 members (excludes halogenated alkanes) is 21. The number of hydrogen-bond donors (Lipinski definition) is 2. The largest absolute Gasteiger partial charge is 0.463 e. The lowest BCUT2D eigenvalue weighted by Gasteiger charge is -2.43. The van der Waals surface area contributed by atoms with E-state index in [-0.39, 0.29) is 12.8 Å². The first kappa shape index (κ1) is 62.2. The molecule has 0 aromatic carbocycles. The van der Waals surface area contributed by atoms with Crippen LogP contribution in [0.1, 0.15) is 216 Å². The van der Waals surface area contributed by atoms with Gasteiger partial charge in [-0.2, -0.15) is 0 Å². The van der Waals surface area contributed by atoms with Crippen molar-refractivity contribution in [3.8, 4) is 0 Å². The van der Waals surface area contributed by atoms with Gasteiger partial charge in [0.2, 0.25) is 0 Å². The van der Waals surface area contributed by atoms with Gasteiger partial charge in [-0.3, -0.25) is 33.6 Å². The molecule has 1 amide bonds. The molecule has 1 saturated heterocycles. The number of aliphatic hydroxyl groups is 1. The lowest BCUT2D eigenvalue weighted by atomic mass is 9.97. The van der Waals surface area contributed by atoms with Crippen LogP contribution in [0.3, 0.4) is 0 Å². The maximum atomic E-state index is 14.2. The first-order chi connectivity index (χ1) is 32.5. The Morgan fingerprint density at radius 2 is 0.941 bits per heavy atom. The molecule has 1 heterocycles. The van der Waals surface area contributed by atoms with E-state index in [0.29, 0.717) is 12.8 Å². The molecule has 0 aromatic heterocycles. The third kappa shape index (κ3) is 29.3. The Bertz CT molecular complexity index is 1440. The van der Waals surface area contributed by atoms with Gasteiger partial charge in [-0.25, -0.2) is 0 Å². The van der Waals surface area contributed by atoms with Gasteiger partial charge in [0, 0.05) is 41.5 Å². The predicted molar refractivity (Wildman–Crippen MR) is 254 cm³/mol. The Hall–Kier alpha value is -3.83. The average Bonchev–Trinajstić information content (AvgIpc) is 3.26. The van der Waals surface area contributed by atoms with Crippen molar-refractivity contribution in [2.45, 2.75) is 271 Å². The fourth-order valence-corrected chi connectivity index (χ4v) is 8.45. The summed E-state index contributed by atoms with van der Waals surface area (Å²) in [7, 11) is 0. The van der Waals surface area contributed by atoms with E-state index in [4.69, 9.17) is 37.9 Å². The monoisotopic (exact) mass is 972 g/mol. The van der Waals surface area contributed by atoms with E-state index in [2.05, 4.69) is 19.2 Å². The van der Waals surface area contributed by atoms with Crippen LogP contribution in [0.15, 0.2) is 0 Å². The minimum atomic E-state index is -1.81. The molecule has 17 heteroatoms. The van der Waals surface area contributed by atoms with Crippen LogP contribution in [-0.2, 0) is 71.5 Å². The number of amides is 1. The number of rotatable bonds is 39. The zero-order chi connectivity index (χ0) is 50.7. The summed E-state index contributed by atoms with van der Waals surface area (Å²) in [4.78, 5) is 88.3. The summed E-state index contributed by atoms with van der Waals surface area (Å²) >= 11 is 0. The van der Waals surface area contributed by atoms with Crippen molar-refractivity contribution < 1.29 is 76.6 Å². The van der Waals surface area contributed by atoms with Crippen LogP contribution in [0, 0.1) is 0 Å². The third-order valence-electron chi connectivity index (χ3n) is 11.8.